The van der Waals surface area contributed by atoms with Crippen molar-refractivity contribution in [2.75, 3.05) is 18.9 Å². The van der Waals surface area contributed by atoms with E-state index >= 15 is 0 Å². The zero-order valence-corrected chi connectivity index (χ0v) is 19.2. The van der Waals surface area contributed by atoms with Crippen molar-refractivity contribution in [2.45, 2.75) is 31.8 Å². The van der Waals surface area contributed by atoms with E-state index in [0.29, 0.717) is 17.5 Å². The first-order valence-electron chi connectivity index (χ1n) is 10.2. The second-order valence-electron chi connectivity index (χ2n) is 7.71. The summed E-state index contributed by atoms with van der Waals surface area (Å²) in [5, 5.41) is 11.2. The second-order valence-corrected chi connectivity index (χ2v) is 9.21. The first-order valence-corrected chi connectivity index (χ1v) is 11.4. The van der Waals surface area contributed by atoms with Gasteiger partial charge in [-0.2, -0.15) is 0 Å². The van der Waals surface area contributed by atoms with E-state index < -0.39 is 0 Å². The summed E-state index contributed by atoms with van der Waals surface area (Å²) >= 11 is 7.59. The van der Waals surface area contributed by atoms with Crippen LogP contribution in [0, 0.1) is 5.92 Å². The zero-order chi connectivity index (χ0) is 22.0. The maximum absolute atomic E-state index is 12.5. The molecule has 4 atom stereocenters. The van der Waals surface area contributed by atoms with E-state index in [1.807, 2.05) is 50.5 Å². The minimum Gasteiger partial charge on any atom is -0.355 e. The first kappa shape index (κ1) is 21.7. The van der Waals surface area contributed by atoms with Gasteiger partial charge in [-0.15, -0.1) is 11.3 Å². The number of hydrogen-bond donors (Lipinski definition) is 3. The van der Waals surface area contributed by atoms with E-state index in [0.717, 1.165) is 21.1 Å². The highest BCUT2D eigenvalue weighted by Gasteiger charge is 2.39. The predicted molar refractivity (Wildman–Crippen MR) is 124 cm³/mol. The number of halogens is 1. The van der Waals surface area contributed by atoms with Gasteiger partial charge < -0.3 is 16.0 Å². The molecule has 0 bridgehead atoms. The molecule has 4 rings (SSSR count). The fourth-order valence-electron chi connectivity index (χ4n) is 3.77. The average molecular weight is 457 g/mol. The Labute approximate surface area is 190 Å². The molecule has 0 radical (unpaired) electrons. The van der Waals surface area contributed by atoms with Crippen LogP contribution in [0.15, 0.2) is 42.7 Å². The molecule has 3 N–H and O–H groups in total. The smallest absolute Gasteiger partial charge is 0.229 e. The highest BCUT2D eigenvalue weighted by atomic mass is 35.5. The molecule has 7 nitrogen and oxygen atoms in total. The number of nitrogens with zero attached hydrogens (tertiary/aromatic N) is 3. The van der Waals surface area contributed by atoms with Gasteiger partial charge in [0.2, 0.25) is 11.9 Å². The Morgan fingerprint density at radius 1 is 1.19 bits per heavy atom. The molecule has 1 fully saturated rings. The number of rotatable bonds is 7. The van der Waals surface area contributed by atoms with E-state index in [-0.39, 0.29) is 29.8 Å². The van der Waals surface area contributed by atoms with E-state index in [4.69, 9.17) is 11.6 Å². The summed E-state index contributed by atoms with van der Waals surface area (Å²) in [5.41, 5.74) is 1.76. The largest absolute Gasteiger partial charge is 0.355 e. The lowest BCUT2D eigenvalue weighted by Gasteiger charge is -2.23. The normalized spacial score (nSPS) is 20.3. The molecular weight excluding hydrogens is 432 g/mol. The number of benzene rings is 1. The highest BCUT2D eigenvalue weighted by Crippen LogP contribution is 2.32. The van der Waals surface area contributed by atoms with Gasteiger partial charge in [-0.1, -0.05) is 23.7 Å². The number of carbonyl (C=O) groups is 1. The second kappa shape index (κ2) is 9.30. The number of thiazole rings is 1. The molecule has 1 aromatic carbocycles. The van der Waals surface area contributed by atoms with Gasteiger partial charge in [0.15, 0.2) is 0 Å². The third-order valence-electron chi connectivity index (χ3n) is 5.70. The summed E-state index contributed by atoms with van der Waals surface area (Å²) in [6.45, 7) is 4.77. The molecule has 0 spiro atoms. The Morgan fingerprint density at radius 2 is 1.97 bits per heavy atom. The maximum Gasteiger partial charge on any atom is 0.229 e. The SMILES string of the molecule is CN[C@H](C)C1CNC(=O)[C@@H]1c1ccnc(N[C@@H](C)c2cnc(-c3ccc(Cl)cc3)s2)n1. The van der Waals surface area contributed by atoms with Crippen LogP contribution in [-0.4, -0.2) is 40.5 Å². The van der Waals surface area contributed by atoms with E-state index in [2.05, 4.69) is 37.8 Å². The maximum atomic E-state index is 12.5. The van der Waals surface area contributed by atoms with E-state index in [1.165, 1.54) is 0 Å². The molecule has 3 aromatic rings. The number of nitrogens with one attached hydrogen (secondary N) is 3. The summed E-state index contributed by atoms with van der Waals surface area (Å²) in [6.07, 6.45) is 3.57. The van der Waals surface area contributed by atoms with Crippen LogP contribution in [0.3, 0.4) is 0 Å². The number of hydrogen-bond acceptors (Lipinski definition) is 7. The van der Waals surface area contributed by atoms with Crippen molar-refractivity contribution < 1.29 is 4.79 Å². The van der Waals surface area contributed by atoms with Crippen molar-refractivity contribution in [1.29, 1.82) is 0 Å². The van der Waals surface area contributed by atoms with Crippen LogP contribution < -0.4 is 16.0 Å². The molecule has 0 aliphatic carbocycles. The van der Waals surface area contributed by atoms with Crippen molar-refractivity contribution in [3.05, 3.63) is 58.3 Å². The molecule has 9 heteroatoms. The fraction of sp³-hybridized carbons (Fsp3) is 0.364. The van der Waals surface area contributed by atoms with Crippen molar-refractivity contribution in [1.82, 2.24) is 25.6 Å². The number of amides is 1. The molecule has 1 unspecified atom stereocenters. The van der Waals surface area contributed by atoms with Gasteiger partial charge in [0, 0.05) is 46.4 Å². The van der Waals surface area contributed by atoms with Gasteiger partial charge in [0.1, 0.15) is 5.01 Å². The third-order valence-corrected chi connectivity index (χ3v) is 7.18. The minimum absolute atomic E-state index is 0.0138. The van der Waals surface area contributed by atoms with Crippen molar-refractivity contribution >= 4 is 34.8 Å². The molecule has 2 aromatic heterocycles. The van der Waals surface area contributed by atoms with Gasteiger partial charge in [0.25, 0.3) is 0 Å². The predicted octanol–water partition coefficient (Wildman–Crippen LogP) is 3.86. The van der Waals surface area contributed by atoms with Crippen molar-refractivity contribution in [3.63, 3.8) is 0 Å². The van der Waals surface area contributed by atoms with Crippen LogP contribution in [0.1, 0.15) is 36.4 Å². The monoisotopic (exact) mass is 456 g/mol. The highest BCUT2D eigenvalue weighted by molar-refractivity contribution is 7.15. The molecule has 1 amide bonds. The molecule has 1 aliphatic heterocycles. The van der Waals surface area contributed by atoms with Crippen LogP contribution >= 0.6 is 22.9 Å². The standard InChI is InChI=1S/C22H25ClN6OS/c1-12(24-3)16-10-26-20(30)19(16)17-8-9-25-22(29-17)28-13(2)18-11-27-21(31-18)14-4-6-15(23)7-5-14/h4-9,11-13,16,19,24H,10H2,1-3H3,(H,26,30)(H,25,28,29)/t12-,13+,16?,19+/m1/s1. The third kappa shape index (κ3) is 4.71. The lowest BCUT2D eigenvalue weighted by molar-refractivity contribution is -0.120. The Hall–Kier alpha value is -2.55. The van der Waals surface area contributed by atoms with Crippen LogP contribution in [0.2, 0.25) is 5.02 Å². The van der Waals surface area contributed by atoms with Gasteiger partial charge >= 0.3 is 0 Å². The van der Waals surface area contributed by atoms with Crippen molar-refractivity contribution in [2.24, 2.45) is 5.92 Å². The first-order chi connectivity index (χ1) is 15.0. The fourth-order valence-corrected chi connectivity index (χ4v) is 4.82. The van der Waals surface area contributed by atoms with Crippen LogP contribution in [0.25, 0.3) is 10.6 Å². The summed E-state index contributed by atoms with van der Waals surface area (Å²) in [7, 11) is 1.91. The molecule has 1 saturated heterocycles. The zero-order valence-electron chi connectivity index (χ0n) is 17.6. The molecule has 3 heterocycles. The number of carbonyl (C=O) groups excluding carboxylic acids is 1. The number of anilines is 1. The summed E-state index contributed by atoms with van der Waals surface area (Å²) in [5.74, 6) is 0.365. The van der Waals surface area contributed by atoms with E-state index in [1.54, 1.807) is 17.5 Å². The molecular formula is C22H25ClN6OS. The Bertz CT molecular complexity index is 1060. The summed E-state index contributed by atoms with van der Waals surface area (Å²) < 4.78 is 0. The molecule has 162 valence electrons. The molecule has 31 heavy (non-hydrogen) atoms. The Kier molecular flexibility index (Phi) is 6.50. The number of aromatic nitrogens is 3. The van der Waals surface area contributed by atoms with Gasteiger partial charge in [-0.25, -0.2) is 15.0 Å². The van der Waals surface area contributed by atoms with Crippen LogP contribution in [0.5, 0.6) is 0 Å². The summed E-state index contributed by atoms with van der Waals surface area (Å²) in [6, 6.07) is 9.64. The Morgan fingerprint density at radius 3 is 2.71 bits per heavy atom. The quantitative estimate of drug-likeness (QED) is 0.500. The van der Waals surface area contributed by atoms with Crippen LogP contribution in [-0.2, 0) is 4.79 Å². The van der Waals surface area contributed by atoms with Gasteiger partial charge in [-0.05, 0) is 39.1 Å². The van der Waals surface area contributed by atoms with Crippen LogP contribution in [0.4, 0.5) is 5.95 Å². The molecule has 1 aliphatic rings. The van der Waals surface area contributed by atoms with Crippen molar-refractivity contribution in [3.8, 4) is 10.6 Å². The lowest BCUT2D eigenvalue weighted by Crippen LogP contribution is -2.35. The Balaban J connectivity index is 1.50. The topological polar surface area (TPSA) is 91.8 Å². The minimum atomic E-state index is -0.291. The molecule has 0 saturated carbocycles. The average Bonchev–Trinajstić information content (AvgIpc) is 3.41. The van der Waals surface area contributed by atoms with Gasteiger partial charge in [0.05, 0.1) is 17.7 Å². The lowest BCUT2D eigenvalue weighted by atomic mass is 9.87. The van der Waals surface area contributed by atoms with Gasteiger partial charge in [-0.3, -0.25) is 4.79 Å². The summed E-state index contributed by atoms with van der Waals surface area (Å²) in [4.78, 5) is 27.1. The van der Waals surface area contributed by atoms with E-state index in [9.17, 15) is 4.79 Å².